The van der Waals surface area contributed by atoms with Crippen LogP contribution in [0.4, 0.5) is 0 Å². The SMILES string of the molecule is O=C(CCCC(=O)NN=Cc1ccccc1OC(=O)c1ccc(Cl)cc1)NN=Cc1ccccc1OC(=O)c1ccc(Cl)cc1. The van der Waals surface area contributed by atoms with E-state index in [9.17, 15) is 19.2 Å². The molecule has 0 atom stereocenters. The van der Waals surface area contributed by atoms with Crippen molar-refractivity contribution in [2.45, 2.75) is 19.3 Å². The summed E-state index contributed by atoms with van der Waals surface area (Å²) in [4.78, 5) is 49.3. The van der Waals surface area contributed by atoms with Gasteiger partial charge in [-0.1, -0.05) is 47.5 Å². The van der Waals surface area contributed by atoms with Gasteiger partial charge >= 0.3 is 11.9 Å². The Balaban J connectivity index is 1.20. The summed E-state index contributed by atoms with van der Waals surface area (Å²) in [5.74, 6) is -1.43. The predicted octanol–water partition coefficient (Wildman–Crippen LogP) is 6.20. The number of amides is 2. The van der Waals surface area contributed by atoms with Crippen LogP contribution in [-0.4, -0.2) is 36.2 Å². The van der Waals surface area contributed by atoms with Gasteiger partial charge in [-0.15, -0.1) is 0 Å². The molecule has 0 unspecified atom stereocenters. The molecule has 4 aromatic rings. The van der Waals surface area contributed by atoms with E-state index in [0.29, 0.717) is 32.3 Å². The first-order valence-electron chi connectivity index (χ1n) is 13.6. The summed E-state index contributed by atoms with van der Waals surface area (Å²) in [6.07, 6.45) is 3.02. The van der Waals surface area contributed by atoms with Crippen molar-refractivity contribution in [2.24, 2.45) is 10.2 Å². The zero-order valence-electron chi connectivity index (χ0n) is 23.6. The summed E-state index contributed by atoms with van der Waals surface area (Å²) < 4.78 is 10.9. The number of ether oxygens (including phenoxy) is 2. The predicted molar refractivity (Wildman–Crippen MR) is 171 cm³/mol. The number of hydrogen-bond acceptors (Lipinski definition) is 8. The lowest BCUT2D eigenvalue weighted by atomic mass is 10.2. The van der Waals surface area contributed by atoms with Crippen molar-refractivity contribution in [1.82, 2.24) is 10.9 Å². The molecular formula is C33H26Cl2N4O6. The Bertz CT molecular complexity index is 1600. The van der Waals surface area contributed by atoms with Crippen LogP contribution in [0.1, 0.15) is 51.1 Å². The van der Waals surface area contributed by atoms with Crippen LogP contribution in [0, 0.1) is 0 Å². The molecule has 0 bridgehead atoms. The normalized spacial score (nSPS) is 10.9. The van der Waals surface area contributed by atoms with Crippen molar-refractivity contribution in [3.05, 3.63) is 129 Å². The minimum atomic E-state index is -0.569. The van der Waals surface area contributed by atoms with E-state index < -0.39 is 23.8 Å². The molecule has 0 radical (unpaired) electrons. The van der Waals surface area contributed by atoms with Gasteiger partial charge in [0.25, 0.3) is 0 Å². The van der Waals surface area contributed by atoms with E-state index in [2.05, 4.69) is 21.1 Å². The highest BCUT2D eigenvalue weighted by atomic mass is 35.5. The number of esters is 2. The fourth-order valence-corrected chi connectivity index (χ4v) is 3.97. The van der Waals surface area contributed by atoms with Gasteiger partial charge in [0.1, 0.15) is 11.5 Å². The number of hydrazone groups is 2. The van der Waals surface area contributed by atoms with Crippen molar-refractivity contribution >= 4 is 59.4 Å². The standard InChI is InChI=1S/C33H26Cl2N4O6/c34-26-16-12-22(13-17-26)32(42)44-28-8-3-1-6-24(28)20-36-38-30(40)10-5-11-31(41)39-37-21-25-7-2-4-9-29(25)45-33(43)23-14-18-27(35)19-15-23/h1-4,6-9,12-21H,5,10-11H2,(H,38,40)(H,39,41). The van der Waals surface area contributed by atoms with Crippen molar-refractivity contribution in [2.75, 3.05) is 0 Å². The molecule has 45 heavy (non-hydrogen) atoms. The lowest BCUT2D eigenvalue weighted by Crippen LogP contribution is -2.20. The third kappa shape index (κ3) is 10.4. The second-order valence-corrected chi connectivity index (χ2v) is 10.2. The van der Waals surface area contributed by atoms with Crippen LogP contribution in [0.25, 0.3) is 0 Å². The fraction of sp³-hybridized carbons (Fsp3) is 0.0909. The minimum Gasteiger partial charge on any atom is -0.422 e. The van der Waals surface area contributed by atoms with E-state index >= 15 is 0 Å². The van der Waals surface area contributed by atoms with Crippen molar-refractivity contribution in [3.63, 3.8) is 0 Å². The van der Waals surface area contributed by atoms with Crippen LogP contribution in [0.5, 0.6) is 11.5 Å². The van der Waals surface area contributed by atoms with Crippen LogP contribution in [0.2, 0.25) is 10.0 Å². The molecule has 0 aliphatic carbocycles. The maximum Gasteiger partial charge on any atom is 0.343 e. The van der Waals surface area contributed by atoms with Gasteiger partial charge in [0.15, 0.2) is 0 Å². The molecule has 10 nitrogen and oxygen atoms in total. The molecule has 0 aliphatic heterocycles. The molecule has 2 amide bonds. The number of hydrogen-bond donors (Lipinski definition) is 2. The van der Waals surface area contributed by atoms with E-state index in [1.54, 1.807) is 97.1 Å². The first kappa shape index (κ1) is 32.6. The highest BCUT2D eigenvalue weighted by molar-refractivity contribution is 6.31. The summed E-state index contributed by atoms with van der Waals surface area (Å²) in [6.45, 7) is 0. The van der Waals surface area contributed by atoms with E-state index in [1.165, 1.54) is 12.4 Å². The molecule has 0 heterocycles. The molecule has 0 fully saturated rings. The molecule has 4 rings (SSSR count). The summed E-state index contributed by atoms with van der Waals surface area (Å²) >= 11 is 11.7. The third-order valence-corrected chi connectivity index (χ3v) is 6.50. The summed E-state index contributed by atoms with van der Waals surface area (Å²) in [5.41, 5.74) is 6.38. The van der Waals surface area contributed by atoms with E-state index in [4.69, 9.17) is 32.7 Å². The smallest absolute Gasteiger partial charge is 0.343 e. The van der Waals surface area contributed by atoms with Gasteiger partial charge in [-0.3, -0.25) is 9.59 Å². The maximum atomic E-state index is 12.4. The average molecular weight is 645 g/mol. The molecular weight excluding hydrogens is 619 g/mol. The zero-order valence-corrected chi connectivity index (χ0v) is 25.1. The van der Waals surface area contributed by atoms with Crippen molar-refractivity contribution in [3.8, 4) is 11.5 Å². The maximum absolute atomic E-state index is 12.4. The number of carbonyl (C=O) groups is 4. The molecule has 0 aromatic heterocycles. The Kier molecular flexibility index (Phi) is 12.0. The number of carbonyl (C=O) groups excluding carboxylic acids is 4. The van der Waals surface area contributed by atoms with Crippen LogP contribution >= 0.6 is 23.2 Å². The number of benzene rings is 4. The number of rotatable bonds is 12. The molecule has 0 aliphatic rings. The van der Waals surface area contributed by atoms with Crippen molar-refractivity contribution < 1.29 is 28.7 Å². The fourth-order valence-electron chi connectivity index (χ4n) is 3.72. The highest BCUT2D eigenvalue weighted by Gasteiger charge is 2.12. The molecule has 0 saturated carbocycles. The van der Waals surface area contributed by atoms with Gasteiger partial charge in [-0.25, -0.2) is 20.4 Å². The minimum absolute atomic E-state index is 0.0329. The van der Waals surface area contributed by atoms with Gasteiger partial charge in [0.05, 0.1) is 23.6 Å². The average Bonchev–Trinajstić information content (AvgIpc) is 3.03. The first-order valence-corrected chi connectivity index (χ1v) is 14.3. The lowest BCUT2D eigenvalue weighted by Gasteiger charge is -2.07. The van der Waals surface area contributed by atoms with E-state index in [-0.39, 0.29) is 30.8 Å². The quantitative estimate of drug-likeness (QED) is 0.0815. The number of halogens is 2. The Morgan fingerprint density at radius 2 is 0.956 bits per heavy atom. The highest BCUT2D eigenvalue weighted by Crippen LogP contribution is 2.20. The van der Waals surface area contributed by atoms with E-state index in [0.717, 1.165) is 0 Å². The summed E-state index contributed by atoms with van der Waals surface area (Å²) in [6, 6.07) is 26.0. The largest absolute Gasteiger partial charge is 0.422 e. The topological polar surface area (TPSA) is 136 Å². The third-order valence-electron chi connectivity index (χ3n) is 6.00. The van der Waals surface area contributed by atoms with Crippen LogP contribution < -0.4 is 20.3 Å². The number of para-hydroxylation sites is 2. The van der Waals surface area contributed by atoms with E-state index in [1.807, 2.05) is 0 Å². The monoisotopic (exact) mass is 644 g/mol. The van der Waals surface area contributed by atoms with Gasteiger partial charge in [-0.2, -0.15) is 10.2 Å². The molecule has 0 spiro atoms. The van der Waals surface area contributed by atoms with Crippen LogP contribution in [0.3, 0.4) is 0 Å². The Morgan fingerprint density at radius 3 is 1.36 bits per heavy atom. The molecule has 4 aromatic carbocycles. The lowest BCUT2D eigenvalue weighted by molar-refractivity contribution is -0.122. The summed E-state index contributed by atoms with van der Waals surface area (Å²) in [7, 11) is 0. The molecule has 2 N–H and O–H groups in total. The van der Waals surface area contributed by atoms with Gasteiger partial charge in [0.2, 0.25) is 11.8 Å². The first-order chi connectivity index (χ1) is 21.8. The Hall–Kier alpha value is -5.32. The molecule has 12 heteroatoms. The number of nitrogens with zero attached hydrogens (tertiary/aromatic N) is 2. The van der Waals surface area contributed by atoms with Gasteiger partial charge in [-0.05, 0) is 79.2 Å². The second-order valence-electron chi connectivity index (χ2n) is 9.31. The molecule has 228 valence electrons. The van der Waals surface area contributed by atoms with Crippen LogP contribution in [-0.2, 0) is 9.59 Å². The van der Waals surface area contributed by atoms with Gasteiger partial charge < -0.3 is 9.47 Å². The van der Waals surface area contributed by atoms with Crippen LogP contribution in [0.15, 0.2) is 107 Å². The Morgan fingerprint density at radius 1 is 0.578 bits per heavy atom. The van der Waals surface area contributed by atoms with Crippen molar-refractivity contribution in [1.29, 1.82) is 0 Å². The second kappa shape index (κ2) is 16.5. The summed E-state index contributed by atoms with van der Waals surface area (Å²) in [5, 5.41) is 8.85. The van der Waals surface area contributed by atoms with Gasteiger partial charge in [0, 0.05) is 34.0 Å². The number of nitrogens with one attached hydrogen (secondary N) is 2. The molecule has 0 saturated heterocycles. The Labute approximate surface area is 268 Å². The zero-order chi connectivity index (χ0) is 32.0.